The molecule has 1 aliphatic carbocycles. The van der Waals surface area contributed by atoms with Gasteiger partial charge in [-0.15, -0.1) is 0 Å². The molecule has 2 rings (SSSR count). The molecule has 1 aliphatic rings. The summed E-state index contributed by atoms with van der Waals surface area (Å²) in [4.78, 5) is 0. The van der Waals surface area contributed by atoms with Gasteiger partial charge in [0, 0.05) is 6.54 Å². The van der Waals surface area contributed by atoms with E-state index in [9.17, 15) is 0 Å². The predicted octanol–water partition coefficient (Wildman–Crippen LogP) is 4.16. The fraction of sp³-hybridized carbons (Fsp3) is 0.800. The lowest BCUT2D eigenvalue weighted by Gasteiger charge is -2.32. The van der Waals surface area contributed by atoms with Gasteiger partial charge in [0.25, 0.3) is 0 Å². The largest absolute Gasteiger partial charge is 0.322 e. The number of hydrogen-bond acceptors (Lipinski definition) is 2. The van der Waals surface area contributed by atoms with Crippen LogP contribution in [0.15, 0.2) is 6.20 Å². The van der Waals surface area contributed by atoms with Gasteiger partial charge in [-0.2, -0.15) is 5.10 Å². The first-order chi connectivity index (χ1) is 9.17. The van der Waals surface area contributed by atoms with E-state index in [1.807, 2.05) is 4.68 Å². The molecule has 3 unspecified atom stereocenters. The molecule has 1 heterocycles. The molecule has 1 aromatic rings. The Labute approximate surface area is 121 Å². The summed E-state index contributed by atoms with van der Waals surface area (Å²) < 4.78 is 2.00. The smallest absolute Gasteiger partial charge is 0.0834 e. The van der Waals surface area contributed by atoms with Crippen LogP contribution in [0, 0.1) is 11.8 Å². The average molecular weight is 284 g/mol. The second-order valence-corrected chi connectivity index (χ2v) is 6.23. The number of nitrogens with zero attached hydrogens (tertiary/aromatic N) is 2. The fourth-order valence-corrected chi connectivity index (χ4v) is 3.61. The molecule has 0 aliphatic heterocycles. The maximum Gasteiger partial charge on any atom is 0.0834 e. The van der Waals surface area contributed by atoms with Crippen LogP contribution in [0.1, 0.15) is 64.1 Å². The standard InChI is InChI=1S/C15H26ClN3/c1-3-8-19-15(13(16)10-18-19)14(17)12-7-5-6-11(4-2)9-12/h10-12,14H,3-9,17H2,1-2H3. The summed E-state index contributed by atoms with van der Waals surface area (Å²) in [5, 5.41) is 5.10. The van der Waals surface area contributed by atoms with E-state index in [4.69, 9.17) is 17.3 Å². The Morgan fingerprint density at radius 3 is 2.95 bits per heavy atom. The van der Waals surface area contributed by atoms with E-state index >= 15 is 0 Å². The normalized spacial score (nSPS) is 25.5. The van der Waals surface area contributed by atoms with Gasteiger partial charge in [-0.1, -0.05) is 44.7 Å². The van der Waals surface area contributed by atoms with Crippen LogP contribution in [0.25, 0.3) is 0 Å². The Morgan fingerprint density at radius 1 is 1.47 bits per heavy atom. The number of rotatable bonds is 5. The van der Waals surface area contributed by atoms with Crippen molar-refractivity contribution in [1.29, 1.82) is 0 Å². The van der Waals surface area contributed by atoms with Crippen molar-refractivity contribution >= 4 is 11.6 Å². The van der Waals surface area contributed by atoms with Gasteiger partial charge in [-0.25, -0.2) is 0 Å². The highest BCUT2D eigenvalue weighted by Gasteiger charge is 2.29. The van der Waals surface area contributed by atoms with Crippen LogP contribution in [-0.2, 0) is 6.54 Å². The molecule has 0 bridgehead atoms. The highest BCUT2D eigenvalue weighted by atomic mass is 35.5. The minimum Gasteiger partial charge on any atom is -0.322 e. The molecule has 1 saturated carbocycles. The number of aromatic nitrogens is 2. The lowest BCUT2D eigenvalue weighted by molar-refractivity contribution is 0.225. The van der Waals surface area contributed by atoms with Crippen LogP contribution >= 0.6 is 11.6 Å². The Hall–Kier alpha value is -0.540. The van der Waals surface area contributed by atoms with Crippen LogP contribution in [0.4, 0.5) is 0 Å². The third-order valence-corrected chi connectivity index (χ3v) is 4.78. The molecule has 108 valence electrons. The van der Waals surface area contributed by atoms with Gasteiger partial charge in [0.15, 0.2) is 0 Å². The highest BCUT2D eigenvalue weighted by Crippen LogP contribution is 2.38. The third kappa shape index (κ3) is 3.32. The van der Waals surface area contributed by atoms with Gasteiger partial charge in [-0.3, -0.25) is 4.68 Å². The molecule has 0 spiro atoms. The zero-order chi connectivity index (χ0) is 13.8. The second-order valence-electron chi connectivity index (χ2n) is 5.83. The van der Waals surface area contributed by atoms with Gasteiger partial charge in [-0.05, 0) is 31.1 Å². The molecule has 3 nitrogen and oxygen atoms in total. The van der Waals surface area contributed by atoms with Crippen molar-refractivity contribution in [3.63, 3.8) is 0 Å². The molecule has 0 saturated heterocycles. The van der Waals surface area contributed by atoms with E-state index in [0.717, 1.165) is 29.6 Å². The van der Waals surface area contributed by atoms with Crippen LogP contribution in [-0.4, -0.2) is 9.78 Å². The van der Waals surface area contributed by atoms with Crippen molar-refractivity contribution in [2.24, 2.45) is 17.6 Å². The molecular formula is C15H26ClN3. The number of hydrogen-bond donors (Lipinski definition) is 1. The van der Waals surface area contributed by atoms with Gasteiger partial charge in [0.1, 0.15) is 0 Å². The molecule has 3 atom stereocenters. The third-order valence-electron chi connectivity index (χ3n) is 4.49. The van der Waals surface area contributed by atoms with E-state index in [1.165, 1.54) is 32.1 Å². The number of nitrogens with two attached hydrogens (primary N) is 1. The molecule has 0 aromatic carbocycles. The highest BCUT2D eigenvalue weighted by molar-refractivity contribution is 6.31. The molecule has 4 heteroatoms. The Balaban J connectivity index is 2.14. The second kappa shape index (κ2) is 6.76. The first kappa shape index (κ1) is 14.9. The van der Waals surface area contributed by atoms with Gasteiger partial charge in [0.2, 0.25) is 0 Å². The average Bonchev–Trinajstić information content (AvgIpc) is 2.79. The van der Waals surface area contributed by atoms with Crippen LogP contribution in [0.3, 0.4) is 0 Å². The summed E-state index contributed by atoms with van der Waals surface area (Å²) in [6, 6.07) is 0.0379. The molecular weight excluding hydrogens is 258 g/mol. The van der Waals surface area contributed by atoms with Gasteiger partial charge >= 0.3 is 0 Å². The van der Waals surface area contributed by atoms with E-state index < -0.39 is 0 Å². The van der Waals surface area contributed by atoms with Crippen molar-refractivity contribution in [2.75, 3.05) is 0 Å². The zero-order valence-corrected chi connectivity index (χ0v) is 12.9. The van der Waals surface area contributed by atoms with Crippen LogP contribution in [0.5, 0.6) is 0 Å². The number of halogens is 1. The quantitative estimate of drug-likeness (QED) is 0.882. The molecule has 19 heavy (non-hydrogen) atoms. The molecule has 0 amide bonds. The molecule has 1 aromatic heterocycles. The van der Waals surface area contributed by atoms with Crippen molar-refractivity contribution in [3.05, 3.63) is 16.9 Å². The predicted molar refractivity (Wildman–Crippen MR) is 80.2 cm³/mol. The van der Waals surface area contributed by atoms with Crippen LogP contribution < -0.4 is 5.73 Å². The van der Waals surface area contributed by atoms with Crippen LogP contribution in [0.2, 0.25) is 5.02 Å². The summed E-state index contributed by atoms with van der Waals surface area (Å²) in [6.45, 7) is 5.34. The fourth-order valence-electron chi connectivity index (χ4n) is 3.35. The summed E-state index contributed by atoms with van der Waals surface area (Å²) in [6.07, 6.45) is 9.20. The zero-order valence-electron chi connectivity index (χ0n) is 12.1. The van der Waals surface area contributed by atoms with Gasteiger partial charge < -0.3 is 5.73 Å². The Morgan fingerprint density at radius 2 is 2.26 bits per heavy atom. The molecule has 0 radical (unpaired) electrons. The van der Waals surface area contributed by atoms with E-state index in [-0.39, 0.29) is 6.04 Å². The summed E-state index contributed by atoms with van der Waals surface area (Å²) in [5.41, 5.74) is 7.56. The SMILES string of the molecule is CCCn1ncc(Cl)c1C(N)C1CCCC(CC)C1. The van der Waals surface area contributed by atoms with Crippen molar-refractivity contribution in [2.45, 2.75) is 65.0 Å². The van der Waals surface area contributed by atoms with Crippen molar-refractivity contribution in [3.8, 4) is 0 Å². The lowest BCUT2D eigenvalue weighted by atomic mass is 9.76. The first-order valence-electron chi connectivity index (χ1n) is 7.64. The monoisotopic (exact) mass is 283 g/mol. The molecule has 2 N–H and O–H groups in total. The first-order valence-corrected chi connectivity index (χ1v) is 8.01. The summed E-state index contributed by atoms with van der Waals surface area (Å²) in [7, 11) is 0. The minimum absolute atomic E-state index is 0.0379. The Kier molecular flexibility index (Phi) is 5.28. The maximum absolute atomic E-state index is 6.52. The topological polar surface area (TPSA) is 43.8 Å². The van der Waals surface area contributed by atoms with E-state index in [1.54, 1.807) is 6.20 Å². The van der Waals surface area contributed by atoms with Crippen molar-refractivity contribution in [1.82, 2.24) is 9.78 Å². The van der Waals surface area contributed by atoms with Gasteiger partial charge in [0.05, 0.1) is 23.0 Å². The van der Waals surface area contributed by atoms with E-state index in [0.29, 0.717) is 5.92 Å². The summed E-state index contributed by atoms with van der Waals surface area (Å²) >= 11 is 6.30. The maximum atomic E-state index is 6.52. The Bertz CT molecular complexity index is 402. The lowest BCUT2D eigenvalue weighted by Crippen LogP contribution is -2.29. The summed E-state index contributed by atoms with van der Waals surface area (Å²) in [5.74, 6) is 1.40. The molecule has 1 fully saturated rings. The van der Waals surface area contributed by atoms with E-state index in [2.05, 4.69) is 18.9 Å². The number of aryl methyl sites for hydroxylation is 1. The van der Waals surface area contributed by atoms with Crippen molar-refractivity contribution < 1.29 is 0 Å². The minimum atomic E-state index is 0.0379.